The van der Waals surface area contributed by atoms with E-state index in [1.807, 2.05) is 43.3 Å². The van der Waals surface area contributed by atoms with Crippen LogP contribution in [-0.2, 0) is 9.59 Å². The van der Waals surface area contributed by atoms with Gasteiger partial charge in [0, 0.05) is 21.9 Å². The van der Waals surface area contributed by atoms with Gasteiger partial charge in [0.2, 0.25) is 6.41 Å². The molecule has 4 rings (SSSR count). The highest BCUT2D eigenvalue weighted by molar-refractivity contribution is 6.35. The van der Waals surface area contributed by atoms with E-state index in [9.17, 15) is 14.7 Å². The van der Waals surface area contributed by atoms with Crippen LogP contribution >= 0.6 is 11.6 Å². The summed E-state index contributed by atoms with van der Waals surface area (Å²) in [7, 11) is 3.11. The van der Waals surface area contributed by atoms with E-state index in [1.54, 1.807) is 43.2 Å². The third-order valence-corrected chi connectivity index (χ3v) is 6.62. The number of anilines is 1. The highest BCUT2D eigenvalue weighted by Gasteiger charge is 2.30. The molecule has 1 heterocycles. The topological polar surface area (TPSA) is 93.9 Å². The summed E-state index contributed by atoms with van der Waals surface area (Å²) < 4.78 is 13.0. The van der Waals surface area contributed by atoms with Crippen molar-refractivity contribution in [2.75, 3.05) is 19.1 Å². The Morgan fingerprint density at radius 3 is 2.35 bits per heavy atom. The van der Waals surface area contributed by atoms with Crippen molar-refractivity contribution in [1.82, 2.24) is 9.78 Å². The van der Waals surface area contributed by atoms with E-state index in [0.29, 0.717) is 52.7 Å². The molecule has 0 spiro atoms. The fourth-order valence-corrected chi connectivity index (χ4v) is 4.69. The number of carboxylic acids is 1. The number of halogens is 1. The average molecular weight is 522 g/mol. The van der Waals surface area contributed by atoms with E-state index in [2.05, 4.69) is 0 Å². The number of methoxy groups -OCH3 is 2. The Labute approximate surface area is 220 Å². The molecule has 4 aromatic rings. The number of unbranched alkanes of at least 4 members (excludes halogenated alkanes) is 1. The number of nitrogens with zero attached hydrogens (tertiary/aromatic N) is 3. The van der Waals surface area contributed by atoms with Crippen molar-refractivity contribution >= 4 is 40.6 Å². The van der Waals surface area contributed by atoms with Gasteiger partial charge in [-0.15, -0.1) is 5.10 Å². The van der Waals surface area contributed by atoms with Crippen molar-refractivity contribution in [3.05, 3.63) is 65.7 Å². The number of hydrogen-bond acceptors (Lipinski definition) is 5. The van der Waals surface area contributed by atoms with Crippen molar-refractivity contribution in [2.45, 2.75) is 32.2 Å². The summed E-state index contributed by atoms with van der Waals surface area (Å²) in [5, 5.41) is 16.9. The van der Waals surface area contributed by atoms with Crippen LogP contribution in [0.15, 0.2) is 60.7 Å². The molecule has 9 heteroatoms. The van der Waals surface area contributed by atoms with Crippen LogP contribution in [-0.4, -0.2) is 47.5 Å². The first-order chi connectivity index (χ1) is 17.9. The third kappa shape index (κ3) is 4.97. The third-order valence-electron chi connectivity index (χ3n) is 6.29. The van der Waals surface area contributed by atoms with E-state index in [4.69, 9.17) is 26.2 Å². The molecule has 192 valence electrons. The van der Waals surface area contributed by atoms with Crippen LogP contribution in [0.4, 0.5) is 5.82 Å². The second-order valence-electron chi connectivity index (χ2n) is 8.46. The number of amides is 1. The molecule has 3 aromatic carbocycles. The Morgan fingerprint density at radius 1 is 1.08 bits per heavy atom. The van der Waals surface area contributed by atoms with Gasteiger partial charge >= 0.3 is 5.97 Å². The van der Waals surface area contributed by atoms with Gasteiger partial charge in [-0.1, -0.05) is 61.7 Å². The van der Waals surface area contributed by atoms with Gasteiger partial charge in [-0.3, -0.25) is 9.69 Å². The average Bonchev–Trinajstić information content (AvgIpc) is 3.34. The number of aliphatic carboxylic acids is 1. The number of fused-ring (bicyclic) bond motifs is 1. The molecule has 1 aromatic heterocycles. The maximum Gasteiger partial charge on any atom is 0.326 e. The summed E-state index contributed by atoms with van der Waals surface area (Å²) in [6.07, 6.45) is 2.27. The van der Waals surface area contributed by atoms with Crippen LogP contribution in [0.25, 0.3) is 27.7 Å². The summed E-state index contributed by atoms with van der Waals surface area (Å²) >= 11 is 6.48. The van der Waals surface area contributed by atoms with Crippen molar-refractivity contribution in [3.8, 4) is 28.4 Å². The summed E-state index contributed by atoms with van der Waals surface area (Å²) in [5.41, 5.74) is 1.86. The molecule has 0 radical (unpaired) electrons. The maximum atomic E-state index is 12.3. The molecule has 1 amide bonds. The van der Waals surface area contributed by atoms with E-state index < -0.39 is 12.0 Å². The summed E-state index contributed by atoms with van der Waals surface area (Å²) in [6.45, 7) is 1.97. The number of carbonyl (C=O) groups excluding carboxylic acids is 1. The van der Waals surface area contributed by atoms with E-state index >= 15 is 0 Å². The summed E-state index contributed by atoms with van der Waals surface area (Å²) in [5.74, 6) is 0.163. The smallest absolute Gasteiger partial charge is 0.326 e. The van der Waals surface area contributed by atoms with Crippen molar-refractivity contribution in [2.24, 2.45) is 0 Å². The molecule has 1 N–H and O–H groups in total. The van der Waals surface area contributed by atoms with Gasteiger partial charge in [0.1, 0.15) is 17.5 Å². The van der Waals surface area contributed by atoms with Gasteiger partial charge in [0.15, 0.2) is 5.82 Å². The molecule has 0 saturated carbocycles. The Hall–Kier alpha value is -4.04. The standard InChI is InChI=1S/C28H28ClN3O5/c1-4-5-11-22(28(34)35)31(17-33)26-16-23(27-24(36-2)12-8-13-25(27)37-3)32(30-26)21-15-14-20(29)18-9-6-7-10-19(18)21/h6-10,12-17,22H,4-5,11H2,1-3H3,(H,34,35). The van der Waals surface area contributed by atoms with E-state index in [1.165, 1.54) is 0 Å². The maximum absolute atomic E-state index is 12.3. The van der Waals surface area contributed by atoms with Crippen LogP contribution in [0, 0.1) is 0 Å². The van der Waals surface area contributed by atoms with Gasteiger partial charge in [-0.05, 0) is 30.7 Å². The number of carbonyl (C=O) groups is 2. The quantitative estimate of drug-likeness (QED) is 0.244. The van der Waals surface area contributed by atoms with Crippen LogP contribution in [0.5, 0.6) is 11.5 Å². The fourth-order valence-electron chi connectivity index (χ4n) is 4.46. The summed E-state index contributed by atoms with van der Waals surface area (Å²) in [4.78, 5) is 25.6. The van der Waals surface area contributed by atoms with Gasteiger partial charge in [0.25, 0.3) is 0 Å². The molecule has 8 nitrogen and oxygen atoms in total. The van der Waals surface area contributed by atoms with Crippen LogP contribution in [0.2, 0.25) is 5.02 Å². The number of ether oxygens (including phenoxy) is 2. The SMILES string of the molecule is CCCCC(C(=O)O)N(C=O)c1cc(-c2c(OC)cccc2OC)n(-c2ccc(Cl)c3ccccc23)n1. The van der Waals surface area contributed by atoms with E-state index in [0.717, 1.165) is 22.1 Å². The first-order valence-electron chi connectivity index (χ1n) is 11.9. The Bertz CT molecular complexity index is 1410. The molecule has 0 aliphatic carbocycles. The minimum absolute atomic E-state index is 0.195. The molecular weight excluding hydrogens is 494 g/mol. The molecule has 37 heavy (non-hydrogen) atoms. The second kappa shape index (κ2) is 11.3. The Morgan fingerprint density at radius 2 is 1.76 bits per heavy atom. The number of carboxylic acid groups (broad SMARTS) is 1. The normalized spacial score (nSPS) is 11.8. The highest BCUT2D eigenvalue weighted by atomic mass is 35.5. The highest BCUT2D eigenvalue weighted by Crippen LogP contribution is 2.42. The molecule has 0 bridgehead atoms. The zero-order valence-corrected chi connectivity index (χ0v) is 21.6. The molecule has 0 saturated heterocycles. The number of hydrogen-bond donors (Lipinski definition) is 1. The van der Waals surface area contributed by atoms with Gasteiger partial charge in [-0.2, -0.15) is 0 Å². The lowest BCUT2D eigenvalue weighted by molar-refractivity contribution is -0.139. The predicted octanol–water partition coefficient (Wildman–Crippen LogP) is 5.97. The lowest BCUT2D eigenvalue weighted by Gasteiger charge is -2.22. The molecule has 1 atom stereocenters. The van der Waals surface area contributed by atoms with Crippen LogP contribution in [0.3, 0.4) is 0 Å². The van der Waals surface area contributed by atoms with Gasteiger partial charge < -0.3 is 14.6 Å². The number of benzene rings is 3. The minimum Gasteiger partial charge on any atom is -0.496 e. The van der Waals surface area contributed by atoms with Gasteiger partial charge in [0.05, 0.1) is 31.2 Å². The van der Waals surface area contributed by atoms with Gasteiger partial charge in [-0.25, -0.2) is 9.48 Å². The monoisotopic (exact) mass is 521 g/mol. The largest absolute Gasteiger partial charge is 0.496 e. The Balaban J connectivity index is 2.03. The molecule has 0 aliphatic rings. The second-order valence-corrected chi connectivity index (χ2v) is 8.87. The first kappa shape index (κ1) is 26.0. The molecular formula is C28H28ClN3O5. The van der Waals surface area contributed by atoms with Crippen LogP contribution < -0.4 is 14.4 Å². The lowest BCUT2D eigenvalue weighted by atomic mass is 10.1. The number of rotatable bonds is 11. The molecule has 0 fully saturated rings. The Kier molecular flexibility index (Phi) is 7.98. The van der Waals surface area contributed by atoms with Crippen molar-refractivity contribution in [1.29, 1.82) is 0 Å². The first-order valence-corrected chi connectivity index (χ1v) is 12.3. The summed E-state index contributed by atoms with van der Waals surface area (Å²) in [6, 6.07) is 17.3. The zero-order chi connectivity index (χ0) is 26.5. The van der Waals surface area contributed by atoms with E-state index in [-0.39, 0.29) is 5.82 Å². The number of aromatic nitrogens is 2. The molecule has 0 aliphatic heterocycles. The zero-order valence-electron chi connectivity index (χ0n) is 20.8. The lowest BCUT2D eigenvalue weighted by Crippen LogP contribution is -2.40. The van der Waals surface area contributed by atoms with Crippen LogP contribution in [0.1, 0.15) is 26.2 Å². The molecule has 1 unspecified atom stereocenters. The van der Waals surface area contributed by atoms with Crippen molar-refractivity contribution in [3.63, 3.8) is 0 Å². The van der Waals surface area contributed by atoms with Crippen molar-refractivity contribution < 1.29 is 24.2 Å². The predicted molar refractivity (Wildman–Crippen MR) is 144 cm³/mol. The minimum atomic E-state index is -1.09. The fraction of sp³-hybridized carbons (Fsp3) is 0.250.